The molecule has 0 bridgehead atoms. The fourth-order valence-corrected chi connectivity index (χ4v) is 1.55. The van der Waals surface area contributed by atoms with Crippen LogP contribution in [0.3, 0.4) is 0 Å². The quantitative estimate of drug-likeness (QED) is 0.783. The van der Waals surface area contributed by atoms with Crippen LogP contribution in [0.1, 0.15) is 0 Å². The van der Waals surface area contributed by atoms with Gasteiger partial charge in [0.2, 0.25) is 0 Å². The lowest BCUT2D eigenvalue weighted by molar-refractivity contribution is -0.130. The first-order valence-electron chi connectivity index (χ1n) is 4.88. The maximum Gasteiger partial charge on any atom is 0.316 e. The molecule has 7 heteroatoms. The van der Waals surface area contributed by atoms with E-state index in [-0.39, 0.29) is 16.6 Å². The summed E-state index contributed by atoms with van der Waals surface area (Å²) in [4.78, 5) is 23.2. The molecule has 3 nitrogen and oxygen atoms in total. The number of hydrogen-bond acceptors (Lipinski definition) is 2. The average Bonchev–Trinajstić information content (AvgIpc) is 2.34. The predicted molar refractivity (Wildman–Crippen MR) is 65.5 cm³/mol. The number of carbonyl (C=O) groups is 2. The summed E-state index contributed by atoms with van der Waals surface area (Å²) in [5, 5.41) is 0.276. The Morgan fingerprint density at radius 1 is 1.33 bits per heavy atom. The molecule has 0 unspecified atom stereocenters. The summed E-state index contributed by atoms with van der Waals surface area (Å²) >= 11 is 11.0. The molecule has 98 valence electrons. The lowest BCUT2D eigenvalue weighted by Crippen LogP contribution is -2.39. The molecule has 0 fully saturated rings. The summed E-state index contributed by atoms with van der Waals surface area (Å²) in [5.41, 5.74) is 0.131. The van der Waals surface area contributed by atoms with E-state index in [0.29, 0.717) is 4.90 Å². The summed E-state index contributed by atoms with van der Waals surface area (Å²) in [6.07, 6.45) is -3.20. The van der Waals surface area contributed by atoms with Gasteiger partial charge in [-0.2, -0.15) is 8.78 Å². The number of ketones is 1. The van der Waals surface area contributed by atoms with Gasteiger partial charge in [-0.3, -0.25) is 14.5 Å². The molecule has 0 saturated carbocycles. The van der Waals surface area contributed by atoms with E-state index in [1.54, 1.807) is 0 Å². The first-order chi connectivity index (χ1) is 8.45. The van der Waals surface area contributed by atoms with E-state index in [9.17, 15) is 18.4 Å². The second-order valence-corrected chi connectivity index (χ2v) is 4.08. The van der Waals surface area contributed by atoms with Crippen molar-refractivity contribution in [3.05, 3.63) is 29.3 Å². The van der Waals surface area contributed by atoms with Crippen LogP contribution >= 0.6 is 23.2 Å². The lowest BCUT2D eigenvalue weighted by Gasteiger charge is -2.21. The Morgan fingerprint density at radius 2 is 2.00 bits per heavy atom. The number of alkyl halides is 3. The fourth-order valence-electron chi connectivity index (χ4n) is 1.28. The Bertz CT molecular complexity index is 454. The third-order valence-corrected chi connectivity index (χ3v) is 2.59. The molecule has 1 rings (SSSR count). The summed E-state index contributed by atoms with van der Waals surface area (Å²) in [6.45, 7) is -0.507. The molecule has 0 atom stereocenters. The third-order valence-electron chi connectivity index (χ3n) is 2.06. The van der Waals surface area contributed by atoms with Crippen LogP contribution in [-0.4, -0.2) is 30.5 Å². The van der Waals surface area contributed by atoms with Gasteiger partial charge in [0.1, 0.15) is 0 Å². The van der Waals surface area contributed by atoms with Gasteiger partial charge in [-0.1, -0.05) is 17.7 Å². The van der Waals surface area contributed by atoms with Crippen molar-refractivity contribution < 1.29 is 18.4 Å². The minimum Gasteiger partial charge on any atom is -0.300 e. The Balaban J connectivity index is 3.04. The minimum atomic E-state index is -3.20. The summed E-state index contributed by atoms with van der Waals surface area (Å²) in [7, 11) is 0. The maximum atomic E-state index is 12.5. The monoisotopic (exact) mass is 295 g/mol. The third kappa shape index (κ3) is 3.92. The standard InChI is InChI=1S/C11H9Cl2F2NO2/c12-5-9(17)6-16(11(18)10(14)15)8-3-1-2-7(13)4-8/h1-4,10H,5-6H2. The van der Waals surface area contributed by atoms with Crippen LogP contribution in [0.4, 0.5) is 14.5 Å². The smallest absolute Gasteiger partial charge is 0.300 e. The highest BCUT2D eigenvalue weighted by Crippen LogP contribution is 2.21. The van der Waals surface area contributed by atoms with Crippen LogP contribution in [0.25, 0.3) is 0 Å². The molecule has 18 heavy (non-hydrogen) atoms. The molecule has 0 aliphatic heterocycles. The zero-order chi connectivity index (χ0) is 13.7. The predicted octanol–water partition coefficient (Wildman–Crippen LogP) is 2.75. The van der Waals surface area contributed by atoms with Crippen molar-refractivity contribution in [2.45, 2.75) is 6.43 Å². The van der Waals surface area contributed by atoms with Gasteiger partial charge in [0, 0.05) is 10.7 Å². The van der Waals surface area contributed by atoms with Gasteiger partial charge in [-0.15, -0.1) is 11.6 Å². The maximum absolute atomic E-state index is 12.5. The van der Waals surface area contributed by atoms with Gasteiger partial charge in [-0.05, 0) is 18.2 Å². The van der Waals surface area contributed by atoms with E-state index in [4.69, 9.17) is 23.2 Å². The topological polar surface area (TPSA) is 37.4 Å². The number of halogens is 4. The summed E-state index contributed by atoms with van der Waals surface area (Å²) < 4.78 is 24.9. The van der Waals surface area contributed by atoms with Crippen molar-refractivity contribution in [1.29, 1.82) is 0 Å². The number of hydrogen-bond donors (Lipinski definition) is 0. The molecule has 0 aliphatic carbocycles. The number of anilines is 1. The van der Waals surface area contributed by atoms with Crippen molar-refractivity contribution in [3.63, 3.8) is 0 Å². The second kappa shape index (κ2) is 6.66. The zero-order valence-corrected chi connectivity index (χ0v) is 10.6. The summed E-state index contributed by atoms with van der Waals surface area (Å²) in [6, 6.07) is 5.76. The minimum absolute atomic E-state index is 0.131. The molecule has 0 heterocycles. The van der Waals surface area contributed by atoms with Crippen LogP contribution in [-0.2, 0) is 9.59 Å². The molecule has 0 aliphatic rings. The Morgan fingerprint density at radius 3 is 2.50 bits per heavy atom. The lowest BCUT2D eigenvalue weighted by atomic mass is 10.2. The molecule has 0 N–H and O–H groups in total. The first-order valence-corrected chi connectivity index (χ1v) is 5.79. The number of benzene rings is 1. The Hall–Kier alpha value is -1.20. The van der Waals surface area contributed by atoms with Gasteiger partial charge in [0.25, 0.3) is 5.91 Å². The largest absolute Gasteiger partial charge is 0.316 e. The Labute approximate surface area is 112 Å². The molecule has 0 radical (unpaired) electrons. The molecular weight excluding hydrogens is 287 g/mol. The van der Waals surface area contributed by atoms with Gasteiger partial charge in [-0.25, -0.2) is 0 Å². The molecule has 1 aromatic rings. The van der Waals surface area contributed by atoms with Crippen LogP contribution < -0.4 is 4.90 Å². The van der Waals surface area contributed by atoms with Crippen molar-refractivity contribution in [1.82, 2.24) is 0 Å². The van der Waals surface area contributed by atoms with Crippen LogP contribution in [0.5, 0.6) is 0 Å². The molecule has 0 aromatic heterocycles. The van der Waals surface area contributed by atoms with Crippen LogP contribution in [0.15, 0.2) is 24.3 Å². The number of nitrogens with zero attached hydrogens (tertiary/aromatic N) is 1. The Kier molecular flexibility index (Phi) is 5.50. The van der Waals surface area contributed by atoms with Crippen LogP contribution in [0, 0.1) is 0 Å². The second-order valence-electron chi connectivity index (χ2n) is 3.38. The first kappa shape index (κ1) is 14.9. The number of carbonyl (C=O) groups excluding carboxylic acids is 2. The van der Waals surface area contributed by atoms with Crippen molar-refractivity contribution in [2.75, 3.05) is 17.3 Å². The van der Waals surface area contributed by atoms with E-state index < -0.39 is 24.7 Å². The average molecular weight is 296 g/mol. The van der Waals surface area contributed by atoms with Crippen molar-refractivity contribution in [2.24, 2.45) is 0 Å². The molecule has 0 spiro atoms. The van der Waals surface area contributed by atoms with Gasteiger partial charge in [0.15, 0.2) is 5.78 Å². The van der Waals surface area contributed by atoms with Crippen molar-refractivity contribution in [3.8, 4) is 0 Å². The molecule has 1 aromatic carbocycles. The molecular formula is C11H9Cl2F2NO2. The number of amides is 1. The highest BCUT2D eigenvalue weighted by atomic mass is 35.5. The highest BCUT2D eigenvalue weighted by Gasteiger charge is 2.26. The molecule has 0 saturated heterocycles. The number of Topliss-reactive ketones (excluding diaryl/α,β-unsaturated/α-hetero) is 1. The number of rotatable bonds is 5. The SMILES string of the molecule is O=C(CCl)CN(C(=O)C(F)F)c1cccc(Cl)c1. The highest BCUT2D eigenvalue weighted by molar-refractivity contribution is 6.31. The van der Waals surface area contributed by atoms with Gasteiger partial charge in [0.05, 0.1) is 12.4 Å². The zero-order valence-electron chi connectivity index (χ0n) is 9.08. The van der Waals surface area contributed by atoms with Gasteiger partial charge < -0.3 is 0 Å². The van der Waals surface area contributed by atoms with Gasteiger partial charge >= 0.3 is 6.43 Å². The van der Waals surface area contributed by atoms with E-state index in [1.807, 2.05) is 0 Å². The van der Waals surface area contributed by atoms with E-state index >= 15 is 0 Å². The van der Waals surface area contributed by atoms with Crippen molar-refractivity contribution >= 4 is 40.6 Å². The van der Waals surface area contributed by atoms with Crippen LogP contribution in [0.2, 0.25) is 5.02 Å². The fraction of sp³-hybridized carbons (Fsp3) is 0.273. The van der Waals surface area contributed by atoms with E-state index in [1.165, 1.54) is 24.3 Å². The normalized spacial score (nSPS) is 10.5. The molecule has 1 amide bonds. The van der Waals surface area contributed by atoms with E-state index in [0.717, 1.165) is 0 Å². The van der Waals surface area contributed by atoms with E-state index in [2.05, 4.69) is 0 Å². The summed E-state index contributed by atoms with van der Waals surface area (Å²) in [5.74, 6) is -2.35.